The van der Waals surface area contributed by atoms with Crippen molar-refractivity contribution in [3.8, 4) is 5.75 Å². The minimum absolute atomic E-state index is 0.0839. The molecule has 3 nitrogen and oxygen atoms in total. The monoisotopic (exact) mass is 275 g/mol. The van der Waals surface area contributed by atoms with E-state index in [-0.39, 0.29) is 12.1 Å². The molecule has 0 aliphatic heterocycles. The highest BCUT2D eigenvalue weighted by Gasteiger charge is 2.25. The van der Waals surface area contributed by atoms with Gasteiger partial charge in [-0.2, -0.15) is 0 Å². The first kappa shape index (κ1) is 14.9. The van der Waals surface area contributed by atoms with Crippen LogP contribution < -0.4 is 10.1 Å². The number of carbonyl (C=O) groups excluding carboxylic acids is 1. The summed E-state index contributed by atoms with van der Waals surface area (Å²) in [6.45, 7) is 8.12. The molecule has 0 bridgehead atoms. The fraction of sp³-hybridized carbons (Fsp3) is 0.588. The van der Waals surface area contributed by atoms with Crippen LogP contribution in [0.1, 0.15) is 57.6 Å². The summed E-state index contributed by atoms with van der Waals surface area (Å²) < 4.78 is 5.63. The summed E-state index contributed by atoms with van der Waals surface area (Å²) in [5.74, 6) is 1.89. The molecule has 0 atom stereocenters. The second-order valence-electron chi connectivity index (χ2n) is 6.33. The average Bonchev–Trinajstić information content (AvgIpc) is 3.13. The number of nitrogens with one attached hydrogen (secondary N) is 1. The van der Waals surface area contributed by atoms with E-state index < -0.39 is 0 Å². The summed E-state index contributed by atoms with van der Waals surface area (Å²) in [4.78, 5) is 11.9. The van der Waals surface area contributed by atoms with Crippen LogP contribution in [0.15, 0.2) is 18.2 Å². The largest absolute Gasteiger partial charge is 0.412 e. The highest BCUT2D eigenvalue weighted by atomic mass is 16.6. The first-order chi connectivity index (χ1) is 9.47. The maximum Gasteiger partial charge on any atom is 0.412 e. The Morgan fingerprint density at radius 2 is 2.00 bits per heavy atom. The van der Waals surface area contributed by atoms with Crippen molar-refractivity contribution in [1.82, 2.24) is 5.32 Å². The zero-order valence-electron chi connectivity index (χ0n) is 12.9. The van der Waals surface area contributed by atoms with Gasteiger partial charge < -0.3 is 10.1 Å². The molecule has 0 aromatic heterocycles. The van der Waals surface area contributed by atoms with Crippen LogP contribution in [0, 0.1) is 5.92 Å². The summed E-state index contributed by atoms with van der Waals surface area (Å²) >= 11 is 0. The van der Waals surface area contributed by atoms with Crippen LogP contribution in [0.5, 0.6) is 5.75 Å². The summed E-state index contributed by atoms with van der Waals surface area (Å²) in [5, 5.41) is 2.79. The Morgan fingerprint density at radius 1 is 1.30 bits per heavy atom. The smallest absolute Gasteiger partial charge is 0.410 e. The van der Waals surface area contributed by atoms with Crippen molar-refractivity contribution in [2.45, 2.75) is 58.9 Å². The second kappa shape index (κ2) is 6.29. The van der Waals surface area contributed by atoms with E-state index in [1.807, 2.05) is 13.8 Å². The van der Waals surface area contributed by atoms with Crippen LogP contribution in [0.2, 0.25) is 0 Å². The number of rotatable bonds is 5. The lowest BCUT2D eigenvalue weighted by Gasteiger charge is -2.18. The molecule has 1 aliphatic carbocycles. The lowest BCUT2D eigenvalue weighted by atomic mass is 9.97. The zero-order valence-corrected chi connectivity index (χ0v) is 12.9. The number of para-hydroxylation sites is 1. The van der Waals surface area contributed by atoms with Gasteiger partial charge in [0.2, 0.25) is 0 Å². The number of hydrogen-bond donors (Lipinski definition) is 1. The minimum Gasteiger partial charge on any atom is -0.410 e. The topological polar surface area (TPSA) is 38.3 Å². The lowest BCUT2D eigenvalue weighted by molar-refractivity contribution is 0.196. The Morgan fingerprint density at radius 3 is 2.55 bits per heavy atom. The molecule has 3 heteroatoms. The van der Waals surface area contributed by atoms with Crippen LogP contribution in [-0.2, 0) is 6.42 Å². The van der Waals surface area contributed by atoms with Crippen molar-refractivity contribution >= 4 is 6.09 Å². The Labute approximate surface area is 121 Å². The van der Waals surface area contributed by atoms with Gasteiger partial charge in [-0.25, -0.2) is 4.79 Å². The molecule has 20 heavy (non-hydrogen) atoms. The molecule has 0 radical (unpaired) electrons. The van der Waals surface area contributed by atoms with E-state index in [1.54, 1.807) is 0 Å². The normalized spacial score (nSPS) is 14.7. The first-order valence-corrected chi connectivity index (χ1v) is 7.57. The molecule has 0 spiro atoms. The van der Waals surface area contributed by atoms with Crippen molar-refractivity contribution in [2.75, 3.05) is 0 Å². The minimum atomic E-state index is -0.356. The van der Waals surface area contributed by atoms with Crippen molar-refractivity contribution in [3.63, 3.8) is 0 Å². The van der Waals surface area contributed by atoms with Crippen molar-refractivity contribution < 1.29 is 9.53 Å². The van der Waals surface area contributed by atoms with E-state index in [0.717, 1.165) is 29.2 Å². The molecule has 1 aliphatic rings. The van der Waals surface area contributed by atoms with Crippen molar-refractivity contribution in [2.24, 2.45) is 5.92 Å². The maximum absolute atomic E-state index is 11.9. The Bertz CT molecular complexity index is 476. The Kier molecular flexibility index (Phi) is 4.69. The maximum atomic E-state index is 11.9. The zero-order chi connectivity index (χ0) is 14.7. The molecule has 1 fully saturated rings. The van der Waals surface area contributed by atoms with Gasteiger partial charge in [-0.3, -0.25) is 0 Å². The van der Waals surface area contributed by atoms with E-state index >= 15 is 0 Å². The molecule has 0 unspecified atom stereocenters. The van der Waals surface area contributed by atoms with Crippen LogP contribution in [0.25, 0.3) is 0 Å². The van der Waals surface area contributed by atoms with Gasteiger partial charge in [-0.1, -0.05) is 32.0 Å². The van der Waals surface area contributed by atoms with E-state index in [1.165, 1.54) is 12.8 Å². The third kappa shape index (κ3) is 3.99. The summed E-state index contributed by atoms with van der Waals surface area (Å²) in [7, 11) is 0. The third-order valence-electron chi connectivity index (χ3n) is 3.56. The second-order valence-corrected chi connectivity index (χ2v) is 6.33. The molecule has 2 rings (SSSR count). The fourth-order valence-corrected chi connectivity index (χ4v) is 2.34. The molecular weight excluding hydrogens is 250 g/mol. The van der Waals surface area contributed by atoms with Gasteiger partial charge in [0.1, 0.15) is 5.75 Å². The Hall–Kier alpha value is -1.51. The predicted molar refractivity (Wildman–Crippen MR) is 81.3 cm³/mol. The molecule has 1 saturated carbocycles. The van der Waals surface area contributed by atoms with Crippen LogP contribution >= 0.6 is 0 Å². The molecule has 1 aromatic rings. The molecule has 0 heterocycles. The number of benzene rings is 1. The van der Waals surface area contributed by atoms with Gasteiger partial charge in [0, 0.05) is 6.04 Å². The Balaban J connectivity index is 2.23. The van der Waals surface area contributed by atoms with Crippen LogP contribution in [0.3, 0.4) is 0 Å². The highest BCUT2D eigenvalue weighted by Crippen LogP contribution is 2.38. The highest BCUT2D eigenvalue weighted by molar-refractivity contribution is 5.72. The summed E-state index contributed by atoms with van der Waals surface area (Å²) in [6, 6.07) is 6.29. The van der Waals surface area contributed by atoms with Crippen LogP contribution in [-0.4, -0.2) is 12.1 Å². The number of amides is 1. The number of carbonyl (C=O) groups is 1. The van der Waals surface area contributed by atoms with Gasteiger partial charge in [0.05, 0.1) is 0 Å². The van der Waals surface area contributed by atoms with Gasteiger partial charge in [-0.05, 0) is 56.1 Å². The molecule has 110 valence electrons. The first-order valence-electron chi connectivity index (χ1n) is 7.57. The lowest BCUT2D eigenvalue weighted by Crippen LogP contribution is -2.33. The number of ether oxygens (including phenoxy) is 1. The quantitative estimate of drug-likeness (QED) is 0.872. The van der Waals surface area contributed by atoms with E-state index in [9.17, 15) is 4.79 Å². The SMILES string of the molecule is CC(C)NC(=O)Oc1c(CC2CC2)cccc1C(C)C. The third-order valence-corrected chi connectivity index (χ3v) is 3.56. The van der Waals surface area contributed by atoms with Crippen molar-refractivity contribution in [1.29, 1.82) is 0 Å². The summed E-state index contributed by atoms with van der Waals surface area (Å²) in [6.07, 6.45) is 3.25. The van der Waals surface area contributed by atoms with Gasteiger partial charge in [0.25, 0.3) is 0 Å². The van der Waals surface area contributed by atoms with Gasteiger partial charge >= 0.3 is 6.09 Å². The number of hydrogen-bond acceptors (Lipinski definition) is 2. The van der Waals surface area contributed by atoms with Gasteiger partial charge in [0.15, 0.2) is 0 Å². The molecule has 1 amide bonds. The standard InChI is InChI=1S/C17H25NO2/c1-11(2)15-7-5-6-14(10-13-8-9-13)16(15)20-17(19)18-12(3)4/h5-7,11-13H,8-10H2,1-4H3,(H,18,19). The van der Waals surface area contributed by atoms with E-state index in [0.29, 0.717) is 5.92 Å². The van der Waals surface area contributed by atoms with Crippen LogP contribution in [0.4, 0.5) is 4.79 Å². The molecular formula is C17H25NO2. The average molecular weight is 275 g/mol. The predicted octanol–water partition coefficient (Wildman–Crippen LogP) is 4.26. The van der Waals surface area contributed by atoms with E-state index in [2.05, 4.69) is 37.4 Å². The molecule has 1 N–H and O–H groups in total. The van der Waals surface area contributed by atoms with Crippen molar-refractivity contribution in [3.05, 3.63) is 29.3 Å². The van der Waals surface area contributed by atoms with Gasteiger partial charge in [-0.15, -0.1) is 0 Å². The summed E-state index contributed by atoms with van der Waals surface area (Å²) in [5.41, 5.74) is 2.28. The molecule has 1 aromatic carbocycles. The fourth-order valence-electron chi connectivity index (χ4n) is 2.34. The molecule has 0 saturated heterocycles. The van der Waals surface area contributed by atoms with E-state index in [4.69, 9.17) is 4.74 Å².